The highest BCUT2D eigenvalue weighted by molar-refractivity contribution is 7.92. The van der Waals surface area contributed by atoms with Gasteiger partial charge in [0.2, 0.25) is 0 Å². The quantitative estimate of drug-likeness (QED) is 0.731. The van der Waals surface area contributed by atoms with Gasteiger partial charge in [-0.1, -0.05) is 6.07 Å². The fourth-order valence-electron chi connectivity index (χ4n) is 3.32. The van der Waals surface area contributed by atoms with Gasteiger partial charge in [-0.25, -0.2) is 13.2 Å². The van der Waals surface area contributed by atoms with Gasteiger partial charge in [0.1, 0.15) is 5.75 Å². The maximum Gasteiger partial charge on any atom is 0.419 e. The normalized spacial score (nSPS) is 17.1. The molecule has 0 saturated heterocycles. The number of aromatic nitrogens is 1. The summed E-state index contributed by atoms with van der Waals surface area (Å²) in [4.78, 5) is 11.7. The Hall–Kier alpha value is -2.78. The Morgan fingerprint density at radius 1 is 1.22 bits per heavy atom. The average Bonchev–Trinajstić information content (AvgIpc) is 2.95. The van der Waals surface area contributed by atoms with E-state index in [1.807, 2.05) is 0 Å². The first-order valence-corrected chi connectivity index (χ1v) is 9.75. The molecule has 0 fully saturated rings. The van der Waals surface area contributed by atoms with E-state index in [-0.39, 0.29) is 23.4 Å². The number of benzene rings is 2. The highest BCUT2D eigenvalue weighted by Gasteiger charge is 2.33. The van der Waals surface area contributed by atoms with E-state index in [9.17, 15) is 18.3 Å². The second-order valence-corrected chi connectivity index (χ2v) is 8.23. The number of sulfonamides is 1. The van der Waals surface area contributed by atoms with Crippen LogP contribution in [0.5, 0.6) is 5.75 Å². The molecule has 0 aliphatic carbocycles. The Morgan fingerprint density at radius 2 is 2.00 bits per heavy atom. The number of hydrogen-bond donors (Lipinski definition) is 1. The molecular weight excluding hydrogens is 372 g/mol. The standard InChI is InChI=1S/C18H18N2O6S/c1-19-14-6-4-12(10-17(14)26-18(19)22)27(23,24)20-8-7-16(21)13-5-3-11(25-2)9-15(13)20/h3-6,9-10,16,21H,7-8H2,1-2H3. The molecule has 1 N–H and O–H groups in total. The lowest BCUT2D eigenvalue weighted by Gasteiger charge is -2.33. The fourth-order valence-corrected chi connectivity index (χ4v) is 4.83. The maximum atomic E-state index is 13.3. The van der Waals surface area contributed by atoms with Gasteiger partial charge in [0.05, 0.1) is 29.3 Å². The number of anilines is 1. The Kier molecular flexibility index (Phi) is 4.01. The number of methoxy groups -OCH3 is 1. The van der Waals surface area contributed by atoms with E-state index >= 15 is 0 Å². The number of nitrogens with zero attached hydrogens (tertiary/aromatic N) is 2. The average molecular weight is 390 g/mol. The molecule has 0 bridgehead atoms. The van der Waals surface area contributed by atoms with Crippen LogP contribution >= 0.6 is 0 Å². The molecular formula is C18H18N2O6S. The lowest BCUT2D eigenvalue weighted by molar-refractivity contribution is 0.166. The molecule has 1 aromatic heterocycles. The zero-order valence-electron chi connectivity index (χ0n) is 14.7. The third kappa shape index (κ3) is 2.70. The van der Waals surface area contributed by atoms with E-state index in [4.69, 9.17) is 9.15 Å². The molecule has 1 atom stereocenters. The van der Waals surface area contributed by atoms with Gasteiger partial charge in [0.15, 0.2) is 5.58 Å². The summed E-state index contributed by atoms with van der Waals surface area (Å²) in [6, 6.07) is 9.27. The van der Waals surface area contributed by atoms with Crippen LogP contribution in [0.3, 0.4) is 0 Å². The molecule has 142 valence electrons. The van der Waals surface area contributed by atoms with Crippen molar-refractivity contribution in [1.82, 2.24) is 4.57 Å². The highest BCUT2D eigenvalue weighted by Crippen LogP contribution is 2.39. The third-order valence-electron chi connectivity index (χ3n) is 4.82. The van der Waals surface area contributed by atoms with Crippen LogP contribution in [0.4, 0.5) is 5.69 Å². The lowest BCUT2D eigenvalue weighted by Crippen LogP contribution is -2.36. The third-order valence-corrected chi connectivity index (χ3v) is 6.63. The van der Waals surface area contributed by atoms with Crippen molar-refractivity contribution in [2.45, 2.75) is 17.4 Å². The molecule has 0 spiro atoms. The van der Waals surface area contributed by atoms with E-state index in [0.717, 1.165) is 0 Å². The SMILES string of the molecule is COc1ccc2c(c1)N(S(=O)(=O)c1ccc3c(c1)oc(=O)n3C)CCC2O. The smallest absolute Gasteiger partial charge is 0.419 e. The molecule has 3 aromatic rings. The van der Waals surface area contributed by atoms with Gasteiger partial charge in [0, 0.05) is 31.3 Å². The summed E-state index contributed by atoms with van der Waals surface area (Å²) < 4.78 is 39.4. The largest absolute Gasteiger partial charge is 0.497 e. The summed E-state index contributed by atoms with van der Waals surface area (Å²) >= 11 is 0. The van der Waals surface area contributed by atoms with Crippen LogP contribution in [0.2, 0.25) is 0 Å². The van der Waals surface area contributed by atoms with Crippen molar-refractivity contribution in [2.75, 3.05) is 18.0 Å². The maximum absolute atomic E-state index is 13.3. The molecule has 1 unspecified atom stereocenters. The summed E-state index contributed by atoms with van der Waals surface area (Å²) in [6.07, 6.45) is -0.465. The van der Waals surface area contributed by atoms with E-state index in [1.165, 1.54) is 28.1 Å². The second-order valence-electron chi connectivity index (χ2n) is 6.36. The first-order valence-electron chi connectivity index (χ1n) is 8.31. The predicted octanol–water partition coefficient (Wildman–Crippen LogP) is 1.77. The second kappa shape index (κ2) is 6.14. The molecule has 0 radical (unpaired) electrons. The molecule has 27 heavy (non-hydrogen) atoms. The number of ether oxygens (including phenoxy) is 1. The minimum Gasteiger partial charge on any atom is -0.497 e. The van der Waals surface area contributed by atoms with Gasteiger partial charge in [-0.2, -0.15) is 0 Å². The Labute approximate surface area is 155 Å². The number of fused-ring (bicyclic) bond motifs is 2. The topological polar surface area (TPSA) is 102 Å². The highest BCUT2D eigenvalue weighted by atomic mass is 32.2. The van der Waals surface area contributed by atoms with Crippen LogP contribution in [0.1, 0.15) is 18.1 Å². The zero-order chi connectivity index (χ0) is 19.3. The van der Waals surface area contributed by atoms with Crippen LogP contribution < -0.4 is 14.8 Å². The number of oxazole rings is 1. The fraction of sp³-hybridized carbons (Fsp3) is 0.278. The first-order chi connectivity index (χ1) is 12.8. The van der Waals surface area contributed by atoms with Crippen molar-refractivity contribution < 1.29 is 22.7 Å². The number of hydrogen-bond acceptors (Lipinski definition) is 6. The summed E-state index contributed by atoms with van der Waals surface area (Å²) in [7, 11) is -0.880. The molecule has 8 nitrogen and oxygen atoms in total. The van der Waals surface area contributed by atoms with Crippen molar-refractivity contribution in [3.63, 3.8) is 0 Å². The van der Waals surface area contributed by atoms with Gasteiger partial charge in [-0.3, -0.25) is 8.87 Å². The van der Waals surface area contributed by atoms with Gasteiger partial charge in [0.25, 0.3) is 10.0 Å². The van der Waals surface area contributed by atoms with Crippen LogP contribution in [0.15, 0.2) is 50.5 Å². The van der Waals surface area contributed by atoms with Crippen LogP contribution in [0, 0.1) is 0 Å². The Balaban J connectivity index is 1.85. The lowest BCUT2D eigenvalue weighted by atomic mass is 10.0. The van der Waals surface area contributed by atoms with Crippen LogP contribution in [-0.2, 0) is 17.1 Å². The van der Waals surface area contributed by atoms with Crippen molar-refractivity contribution >= 4 is 26.8 Å². The number of aliphatic hydroxyl groups excluding tert-OH is 1. The van der Waals surface area contributed by atoms with Gasteiger partial charge >= 0.3 is 5.76 Å². The Morgan fingerprint density at radius 3 is 2.74 bits per heavy atom. The molecule has 9 heteroatoms. The monoisotopic (exact) mass is 390 g/mol. The van der Waals surface area contributed by atoms with Crippen molar-refractivity contribution in [3.05, 3.63) is 52.5 Å². The van der Waals surface area contributed by atoms with Crippen molar-refractivity contribution in [1.29, 1.82) is 0 Å². The molecule has 0 saturated carbocycles. The zero-order valence-corrected chi connectivity index (χ0v) is 15.6. The van der Waals surface area contributed by atoms with E-state index in [1.54, 1.807) is 31.3 Å². The molecule has 1 aliphatic heterocycles. The van der Waals surface area contributed by atoms with E-state index < -0.39 is 21.9 Å². The van der Waals surface area contributed by atoms with Crippen molar-refractivity contribution in [2.24, 2.45) is 7.05 Å². The predicted molar refractivity (Wildman–Crippen MR) is 98.6 cm³/mol. The van der Waals surface area contributed by atoms with Gasteiger partial charge in [-0.15, -0.1) is 0 Å². The number of aliphatic hydroxyl groups is 1. The summed E-state index contributed by atoms with van der Waals surface area (Å²) in [5.74, 6) is -0.0664. The molecule has 1 aliphatic rings. The van der Waals surface area contributed by atoms with Gasteiger partial charge in [-0.05, 0) is 24.6 Å². The molecule has 0 amide bonds. The Bertz CT molecular complexity index is 1190. The number of aryl methyl sites for hydroxylation is 1. The van der Waals surface area contributed by atoms with E-state index in [2.05, 4.69) is 0 Å². The minimum absolute atomic E-state index is 0.00881. The van der Waals surface area contributed by atoms with Crippen LogP contribution in [0.25, 0.3) is 11.1 Å². The molecule has 4 rings (SSSR count). The first kappa shape index (κ1) is 17.6. The van der Waals surface area contributed by atoms with E-state index in [0.29, 0.717) is 22.5 Å². The summed E-state index contributed by atoms with van der Waals surface area (Å²) in [5, 5.41) is 10.2. The van der Waals surface area contributed by atoms with Crippen LogP contribution in [-0.4, -0.2) is 31.7 Å². The molecule has 2 heterocycles. The summed E-state index contributed by atoms with van der Waals surface area (Å²) in [6.45, 7) is 0.125. The number of rotatable bonds is 3. The summed E-state index contributed by atoms with van der Waals surface area (Å²) in [5.41, 5.74) is 1.61. The minimum atomic E-state index is -3.92. The molecule has 2 aromatic carbocycles. The van der Waals surface area contributed by atoms with Crippen molar-refractivity contribution in [3.8, 4) is 5.75 Å². The van der Waals surface area contributed by atoms with Gasteiger partial charge < -0.3 is 14.3 Å².